The molecule has 1 atom stereocenters. The van der Waals surface area contributed by atoms with Crippen molar-refractivity contribution in [2.75, 3.05) is 26.7 Å². The lowest BCUT2D eigenvalue weighted by Crippen LogP contribution is -2.57. The van der Waals surface area contributed by atoms with E-state index in [1.807, 2.05) is 19.1 Å². The van der Waals surface area contributed by atoms with Crippen molar-refractivity contribution in [2.24, 2.45) is 7.05 Å². The smallest absolute Gasteiger partial charge is 0.367 e. The van der Waals surface area contributed by atoms with E-state index in [2.05, 4.69) is 10.1 Å². The number of methoxy groups -OCH3 is 1. The molecule has 166 valence electrons. The summed E-state index contributed by atoms with van der Waals surface area (Å²) >= 11 is 6.08. The van der Waals surface area contributed by atoms with Gasteiger partial charge in [-0.15, -0.1) is 0 Å². The number of hydrogen-bond acceptors (Lipinski definition) is 5. The summed E-state index contributed by atoms with van der Waals surface area (Å²) < 4.78 is 8.42. The number of aryl methyl sites for hydroxylation is 1. The van der Waals surface area contributed by atoms with Gasteiger partial charge in [-0.1, -0.05) is 28.4 Å². The molecule has 0 bridgehead atoms. The number of carbonyl (C=O) groups is 2. The number of benzene rings is 1. The number of nitrogens with zero attached hydrogens (tertiary/aromatic N) is 6. The molecule has 1 fully saturated rings. The van der Waals surface area contributed by atoms with E-state index in [1.165, 1.54) is 7.11 Å². The zero-order valence-corrected chi connectivity index (χ0v) is 18.9. The van der Waals surface area contributed by atoms with Crippen LogP contribution in [0, 0.1) is 0 Å². The van der Waals surface area contributed by atoms with E-state index < -0.39 is 0 Å². The van der Waals surface area contributed by atoms with E-state index in [0.29, 0.717) is 42.1 Å². The molecule has 3 heterocycles. The average molecular weight is 456 g/mol. The van der Waals surface area contributed by atoms with Crippen LogP contribution in [0.1, 0.15) is 28.0 Å². The number of rotatable bonds is 4. The minimum atomic E-state index is -0.188. The normalized spacial score (nSPS) is 16.2. The molecule has 0 N–H and O–H groups in total. The van der Waals surface area contributed by atoms with Crippen molar-refractivity contribution in [1.29, 1.82) is 0 Å². The molecule has 1 aliphatic rings. The molecule has 0 aliphatic carbocycles. The fourth-order valence-electron chi connectivity index (χ4n) is 3.74. The quantitative estimate of drug-likeness (QED) is 0.559. The van der Waals surface area contributed by atoms with Crippen molar-refractivity contribution in [3.8, 4) is 11.6 Å². The summed E-state index contributed by atoms with van der Waals surface area (Å²) in [5.74, 6) is 0.331. The van der Waals surface area contributed by atoms with Crippen LogP contribution in [0.5, 0.6) is 5.88 Å². The molecule has 1 aliphatic heterocycles. The Bertz CT molecular complexity index is 1160. The summed E-state index contributed by atoms with van der Waals surface area (Å²) in [7, 11) is 3.29. The van der Waals surface area contributed by atoms with Crippen molar-refractivity contribution in [1.82, 2.24) is 24.6 Å². The number of carbonyl (C=O) groups excluding carboxylic acids is 2. The number of aromatic nitrogens is 4. The van der Waals surface area contributed by atoms with Crippen LogP contribution >= 0.6 is 11.6 Å². The van der Waals surface area contributed by atoms with Crippen LogP contribution in [0.3, 0.4) is 0 Å². The maximum Gasteiger partial charge on any atom is 0.367 e. The number of hydrogen-bond donors (Lipinski definition) is 0. The Kier molecular flexibility index (Phi) is 6.09. The Morgan fingerprint density at radius 2 is 1.94 bits per heavy atom. The van der Waals surface area contributed by atoms with Gasteiger partial charge in [-0.25, -0.2) is 9.55 Å². The van der Waals surface area contributed by atoms with Gasteiger partial charge >= 0.3 is 11.7 Å². The zero-order valence-electron chi connectivity index (χ0n) is 18.1. The van der Waals surface area contributed by atoms with Gasteiger partial charge in [0.1, 0.15) is 11.4 Å². The molecule has 2 amide bonds. The maximum atomic E-state index is 13.2. The van der Waals surface area contributed by atoms with Gasteiger partial charge in [0, 0.05) is 36.8 Å². The number of halogens is 1. The van der Waals surface area contributed by atoms with E-state index in [4.69, 9.17) is 16.3 Å². The Labute approximate surface area is 190 Å². The highest BCUT2D eigenvalue weighted by Gasteiger charge is 2.36. The van der Waals surface area contributed by atoms with E-state index >= 15 is 0 Å². The van der Waals surface area contributed by atoms with Crippen molar-refractivity contribution in [3.05, 3.63) is 65.3 Å². The molecule has 10 heteroatoms. The number of amides is 2. The Morgan fingerprint density at radius 3 is 2.66 bits per heavy atom. The third-order valence-corrected chi connectivity index (χ3v) is 5.65. The van der Waals surface area contributed by atoms with Gasteiger partial charge < -0.3 is 14.5 Å². The molecule has 3 aromatic rings. The fraction of sp³-hybridized carbons (Fsp3) is 0.318. The molecule has 0 saturated carbocycles. The fourth-order valence-corrected chi connectivity index (χ4v) is 3.92. The van der Waals surface area contributed by atoms with Crippen LogP contribution in [0.2, 0.25) is 5.02 Å². The second-order valence-electron chi connectivity index (χ2n) is 7.64. The number of piperazine rings is 1. The minimum Gasteiger partial charge on any atom is -0.481 e. The summed E-state index contributed by atoms with van der Waals surface area (Å²) in [5, 5.41) is 5.07. The Morgan fingerprint density at radius 1 is 1.16 bits per heavy atom. The number of pyridine rings is 1. The van der Waals surface area contributed by atoms with Crippen LogP contribution in [0.4, 0.5) is 0 Å². The molecular weight excluding hydrogens is 432 g/mol. The second kappa shape index (κ2) is 8.96. The molecule has 1 saturated heterocycles. The lowest BCUT2D eigenvalue weighted by molar-refractivity contribution is -0.674. The summed E-state index contributed by atoms with van der Waals surface area (Å²) in [5.41, 5.74) is 1.09. The van der Waals surface area contributed by atoms with Gasteiger partial charge in [-0.3, -0.25) is 9.59 Å². The van der Waals surface area contributed by atoms with Crippen molar-refractivity contribution < 1.29 is 18.9 Å². The van der Waals surface area contributed by atoms with E-state index in [-0.39, 0.29) is 17.9 Å². The van der Waals surface area contributed by atoms with Crippen LogP contribution in [0.25, 0.3) is 5.69 Å². The average Bonchev–Trinajstić information content (AvgIpc) is 3.19. The largest absolute Gasteiger partial charge is 0.481 e. The Hall–Kier alpha value is -3.46. The third kappa shape index (κ3) is 4.29. The highest BCUT2D eigenvalue weighted by Crippen LogP contribution is 2.17. The predicted molar refractivity (Wildman–Crippen MR) is 117 cm³/mol. The van der Waals surface area contributed by atoms with Gasteiger partial charge in [0.25, 0.3) is 5.91 Å². The molecular formula is C22H24ClN6O3+. The molecule has 0 spiro atoms. The summed E-state index contributed by atoms with van der Waals surface area (Å²) in [4.78, 5) is 33.8. The minimum absolute atomic E-state index is 0.179. The molecule has 32 heavy (non-hydrogen) atoms. The van der Waals surface area contributed by atoms with Gasteiger partial charge in [0.2, 0.25) is 12.2 Å². The topological polar surface area (TPSA) is 84.4 Å². The van der Waals surface area contributed by atoms with Gasteiger partial charge in [0.15, 0.2) is 0 Å². The third-order valence-electron chi connectivity index (χ3n) is 5.41. The molecule has 1 unspecified atom stereocenters. The van der Waals surface area contributed by atoms with Gasteiger partial charge in [-0.2, -0.15) is 0 Å². The molecule has 1 aromatic carbocycles. The zero-order chi connectivity index (χ0) is 22.8. The van der Waals surface area contributed by atoms with E-state index in [9.17, 15) is 9.59 Å². The van der Waals surface area contributed by atoms with Crippen LogP contribution in [-0.4, -0.2) is 69.2 Å². The van der Waals surface area contributed by atoms with Crippen molar-refractivity contribution in [2.45, 2.75) is 13.0 Å². The summed E-state index contributed by atoms with van der Waals surface area (Å²) in [6.07, 6.45) is 1.73. The second-order valence-corrected chi connectivity index (χ2v) is 8.07. The van der Waals surface area contributed by atoms with Gasteiger partial charge in [-0.05, 0) is 31.2 Å². The van der Waals surface area contributed by atoms with Gasteiger partial charge in [0.05, 0.1) is 19.3 Å². The van der Waals surface area contributed by atoms with E-state index in [1.54, 1.807) is 62.8 Å². The van der Waals surface area contributed by atoms with E-state index in [0.717, 1.165) is 5.69 Å². The first-order valence-electron chi connectivity index (χ1n) is 10.2. The molecule has 0 radical (unpaired) electrons. The summed E-state index contributed by atoms with van der Waals surface area (Å²) in [6.45, 7) is 3.14. The van der Waals surface area contributed by atoms with Crippen molar-refractivity contribution in [3.63, 3.8) is 0 Å². The van der Waals surface area contributed by atoms with Crippen LogP contribution in [0.15, 0.2) is 48.8 Å². The molecule has 4 rings (SSSR count). The Balaban J connectivity index is 1.48. The summed E-state index contributed by atoms with van der Waals surface area (Å²) in [6, 6.07) is 12.2. The lowest BCUT2D eigenvalue weighted by atomic mass is 10.1. The molecule has 2 aromatic heterocycles. The first-order chi connectivity index (χ1) is 15.4. The molecule has 9 nitrogen and oxygen atoms in total. The standard InChI is InChI=1S/C22H24ClN6O3/c1-15-13-27(21(30)18-8-5-9-19(24-18)32-3)10-11-28(15)22(31)20-25-29(14-26(20)2)17-7-4-6-16(23)12-17/h4-9,12,14-15H,10-11,13H2,1-3H3/q+1. The van der Waals surface area contributed by atoms with Crippen LogP contribution in [-0.2, 0) is 7.05 Å². The van der Waals surface area contributed by atoms with Crippen molar-refractivity contribution >= 4 is 23.4 Å². The highest BCUT2D eigenvalue weighted by molar-refractivity contribution is 6.30. The first-order valence-corrected chi connectivity index (χ1v) is 10.6. The SMILES string of the molecule is COc1cccc(C(=O)N2CCN(C(=O)c3nn(-c4cccc(Cl)c4)c[n+]3C)C(C)C2)n1. The predicted octanol–water partition coefficient (Wildman–Crippen LogP) is 1.74. The first kappa shape index (κ1) is 21.8. The number of ether oxygens (including phenoxy) is 1. The maximum absolute atomic E-state index is 13.2. The monoisotopic (exact) mass is 455 g/mol. The van der Waals surface area contributed by atoms with Crippen LogP contribution < -0.4 is 9.30 Å². The lowest BCUT2D eigenvalue weighted by Gasteiger charge is -2.38. The highest BCUT2D eigenvalue weighted by atomic mass is 35.5.